The first kappa shape index (κ1) is 21.0. The van der Waals surface area contributed by atoms with Crippen LogP contribution in [0.5, 0.6) is 11.5 Å². The van der Waals surface area contributed by atoms with Crippen molar-refractivity contribution in [2.45, 2.75) is 6.61 Å². The lowest BCUT2D eigenvalue weighted by Gasteiger charge is -2.34. The van der Waals surface area contributed by atoms with E-state index in [0.29, 0.717) is 37.7 Å². The molecule has 160 valence electrons. The topological polar surface area (TPSA) is 83.2 Å². The molecule has 0 unspecified atom stereocenters. The average molecular weight is 485 g/mol. The van der Waals surface area contributed by atoms with Crippen LogP contribution in [-0.2, 0) is 6.61 Å². The number of aromatic hydroxyl groups is 1. The first-order valence-corrected chi connectivity index (χ1v) is 10.6. The lowest BCUT2D eigenvalue weighted by atomic mass is 10.1. The molecule has 1 N–H and O–H groups in total. The second-order valence-electron chi connectivity index (χ2n) is 7.11. The first-order valence-electron chi connectivity index (χ1n) is 9.85. The zero-order valence-electron chi connectivity index (χ0n) is 16.7. The van der Waals surface area contributed by atoms with Crippen molar-refractivity contribution in [2.24, 2.45) is 0 Å². The van der Waals surface area contributed by atoms with Gasteiger partial charge in [-0.2, -0.15) is 0 Å². The van der Waals surface area contributed by atoms with Crippen LogP contribution in [-0.4, -0.2) is 52.9 Å². The maximum atomic E-state index is 12.8. The summed E-state index contributed by atoms with van der Waals surface area (Å²) in [6.45, 7) is 1.78. The Morgan fingerprint density at radius 1 is 0.903 bits per heavy atom. The third kappa shape index (κ3) is 4.91. The summed E-state index contributed by atoms with van der Waals surface area (Å²) < 4.78 is 12.3. The van der Waals surface area contributed by atoms with E-state index in [1.54, 1.807) is 40.1 Å². The SMILES string of the molecule is O=C(c1ccc(COc2ccc(Br)cc2)o1)N1CCN(C(=O)c2ccccc2O)CC1. The van der Waals surface area contributed by atoms with Crippen LogP contribution in [0.4, 0.5) is 0 Å². The van der Waals surface area contributed by atoms with Crippen molar-refractivity contribution in [1.29, 1.82) is 0 Å². The van der Waals surface area contributed by atoms with E-state index in [-0.39, 0.29) is 35.5 Å². The van der Waals surface area contributed by atoms with Gasteiger partial charge in [-0.05, 0) is 48.5 Å². The quantitative estimate of drug-likeness (QED) is 0.593. The number of piperazine rings is 1. The average Bonchev–Trinajstić information content (AvgIpc) is 3.27. The molecule has 7 nitrogen and oxygen atoms in total. The lowest BCUT2D eigenvalue weighted by molar-refractivity contribution is 0.0514. The highest BCUT2D eigenvalue weighted by atomic mass is 79.9. The minimum atomic E-state index is -0.240. The highest BCUT2D eigenvalue weighted by Gasteiger charge is 2.27. The first-order chi connectivity index (χ1) is 15.0. The summed E-state index contributed by atoms with van der Waals surface area (Å²) in [6.07, 6.45) is 0. The molecule has 0 spiro atoms. The Hall–Kier alpha value is -3.26. The van der Waals surface area contributed by atoms with E-state index in [2.05, 4.69) is 15.9 Å². The number of phenolic OH excluding ortho intramolecular Hbond substituents is 1. The molecule has 1 fully saturated rings. The summed E-state index contributed by atoms with van der Waals surface area (Å²) in [5.41, 5.74) is 0.267. The molecule has 1 aliphatic heterocycles. The summed E-state index contributed by atoms with van der Waals surface area (Å²) in [6, 6.07) is 17.3. The second kappa shape index (κ2) is 9.26. The Labute approximate surface area is 188 Å². The van der Waals surface area contributed by atoms with Gasteiger partial charge in [0.05, 0.1) is 5.56 Å². The van der Waals surface area contributed by atoms with Gasteiger partial charge in [-0.25, -0.2) is 0 Å². The smallest absolute Gasteiger partial charge is 0.289 e. The molecule has 0 atom stereocenters. The summed E-state index contributed by atoms with van der Waals surface area (Å²) in [7, 11) is 0. The van der Waals surface area contributed by atoms with Crippen LogP contribution in [0.2, 0.25) is 0 Å². The molecule has 0 saturated carbocycles. The Morgan fingerprint density at radius 2 is 1.55 bits per heavy atom. The Bertz CT molecular complexity index is 1070. The second-order valence-corrected chi connectivity index (χ2v) is 8.03. The third-order valence-electron chi connectivity index (χ3n) is 5.06. The van der Waals surface area contributed by atoms with E-state index < -0.39 is 0 Å². The van der Waals surface area contributed by atoms with Gasteiger partial charge in [0.2, 0.25) is 0 Å². The van der Waals surface area contributed by atoms with Crippen LogP contribution in [0, 0.1) is 0 Å². The van der Waals surface area contributed by atoms with Crippen LogP contribution in [0.1, 0.15) is 26.7 Å². The Morgan fingerprint density at radius 3 is 2.23 bits per heavy atom. The van der Waals surface area contributed by atoms with Crippen molar-refractivity contribution in [1.82, 2.24) is 9.80 Å². The monoisotopic (exact) mass is 484 g/mol. The number of hydrogen-bond donors (Lipinski definition) is 1. The number of amides is 2. The summed E-state index contributed by atoms with van der Waals surface area (Å²) >= 11 is 3.38. The highest BCUT2D eigenvalue weighted by Crippen LogP contribution is 2.21. The van der Waals surface area contributed by atoms with Crippen LogP contribution >= 0.6 is 15.9 Å². The van der Waals surface area contributed by atoms with Crippen molar-refractivity contribution in [3.05, 3.63) is 82.2 Å². The number of benzene rings is 2. The number of hydrogen-bond acceptors (Lipinski definition) is 5. The molecule has 0 aliphatic carbocycles. The highest BCUT2D eigenvalue weighted by molar-refractivity contribution is 9.10. The normalized spacial score (nSPS) is 13.8. The Kier molecular flexibility index (Phi) is 6.27. The maximum Gasteiger partial charge on any atom is 0.289 e. The van der Waals surface area contributed by atoms with E-state index in [9.17, 15) is 14.7 Å². The summed E-state index contributed by atoms with van der Waals surface area (Å²) in [4.78, 5) is 28.7. The number of phenols is 1. The standard InChI is InChI=1S/C23H21BrN2O5/c24-16-5-7-17(8-6-16)30-15-18-9-10-21(31-18)23(29)26-13-11-25(12-14-26)22(28)19-3-1-2-4-20(19)27/h1-10,27H,11-15H2. The van der Waals surface area contributed by atoms with Gasteiger partial charge in [-0.1, -0.05) is 28.1 Å². The molecular formula is C23H21BrN2O5. The molecule has 2 aromatic carbocycles. The largest absolute Gasteiger partial charge is 0.507 e. The number of carbonyl (C=O) groups excluding carboxylic acids is 2. The van der Waals surface area contributed by atoms with Gasteiger partial charge in [-0.3, -0.25) is 9.59 Å². The molecule has 1 saturated heterocycles. The van der Waals surface area contributed by atoms with Crippen LogP contribution < -0.4 is 4.74 Å². The number of carbonyl (C=O) groups is 2. The van der Waals surface area contributed by atoms with Crippen molar-refractivity contribution >= 4 is 27.7 Å². The fraction of sp³-hybridized carbons (Fsp3) is 0.217. The number of para-hydroxylation sites is 1. The number of halogens is 1. The molecule has 8 heteroatoms. The predicted molar refractivity (Wildman–Crippen MR) is 117 cm³/mol. The number of nitrogens with zero attached hydrogens (tertiary/aromatic N) is 2. The molecular weight excluding hydrogens is 464 g/mol. The van der Waals surface area contributed by atoms with E-state index in [1.165, 1.54) is 6.07 Å². The fourth-order valence-corrected chi connectivity index (χ4v) is 3.61. The molecule has 0 radical (unpaired) electrons. The molecule has 3 aromatic rings. The van der Waals surface area contributed by atoms with Gasteiger partial charge in [0, 0.05) is 30.7 Å². The van der Waals surface area contributed by atoms with E-state index in [4.69, 9.17) is 9.15 Å². The van der Waals surface area contributed by atoms with Crippen LogP contribution in [0.3, 0.4) is 0 Å². The Balaban J connectivity index is 1.31. The van der Waals surface area contributed by atoms with Crippen molar-refractivity contribution in [2.75, 3.05) is 26.2 Å². The maximum absolute atomic E-state index is 12.8. The van der Waals surface area contributed by atoms with Crippen molar-refractivity contribution < 1.29 is 23.8 Å². The molecule has 2 amide bonds. The van der Waals surface area contributed by atoms with Gasteiger partial charge in [0.15, 0.2) is 5.76 Å². The third-order valence-corrected chi connectivity index (χ3v) is 5.58. The molecule has 1 aromatic heterocycles. The van der Waals surface area contributed by atoms with Crippen LogP contribution in [0.25, 0.3) is 0 Å². The molecule has 0 bridgehead atoms. The van der Waals surface area contributed by atoms with Crippen LogP contribution in [0.15, 0.2) is 69.6 Å². The number of rotatable bonds is 5. The van der Waals surface area contributed by atoms with Crippen molar-refractivity contribution in [3.8, 4) is 11.5 Å². The van der Waals surface area contributed by atoms with E-state index >= 15 is 0 Å². The van der Waals surface area contributed by atoms with Gasteiger partial charge in [-0.15, -0.1) is 0 Å². The van der Waals surface area contributed by atoms with Gasteiger partial charge < -0.3 is 24.1 Å². The molecule has 31 heavy (non-hydrogen) atoms. The predicted octanol–water partition coefficient (Wildman–Crippen LogP) is 3.92. The number of furan rings is 1. The molecule has 2 heterocycles. The fourth-order valence-electron chi connectivity index (χ4n) is 3.35. The van der Waals surface area contributed by atoms with E-state index in [0.717, 1.165) is 4.47 Å². The van der Waals surface area contributed by atoms with E-state index in [1.807, 2.05) is 24.3 Å². The lowest BCUT2D eigenvalue weighted by Crippen LogP contribution is -2.50. The van der Waals surface area contributed by atoms with Gasteiger partial charge >= 0.3 is 0 Å². The minimum absolute atomic E-state index is 0.0422. The molecule has 4 rings (SSSR count). The van der Waals surface area contributed by atoms with Gasteiger partial charge in [0.25, 0.3) is 11.8 Å². The summed E-state index contributed by atoms with van der Waals surface area (Å²) in [5, 5.41) is 9.89. The van der Waals surface area contributed by atoms with Gasteiger partial charge in [0.1, 0.15) is 23.9 Å². The zero-order chi connectivity index (χ0) is 21.8. The summed E-state index contributed by atoms with van der Waals surface area (Å²) in [5.74, 6) is 1.01. The molecule has 1 aliphatic rings. The number of ether oxygens (including phenoxy) is 1. The zero-order valence-corrected chi connectivity index (χ0v) is 18.2. The minimum Gasteiger partial charge on any atom is -0.507 e. The van der Waals surface area contributed by atoms with Crippen molar-refractivity contribution in [3.63, 3.8) is 0 Å².